The van der Waals surface area contributed by atoms with Gasteiger partial charge < -0.3 is 4.74 Å². The molecule has 29 heavy (non-hydrogen) atoms. The highest BCUT2D eigenvalue weighted by molar-refractivity contribution is 5.79. The molecule has 4 aromatic rings. The van der Waals surface area contributed by atoms with Gasteiger partial charge in [0.05, 0.1) is 16.6 Å². The highest BCUT2D eigenvalue weighted by Crippen LogP contribution is 2.27. The Morgan fingerprint density at radius 3 is 2.48 bits per heavy atom. The van der Waals surface area contributed by atoms with Crippen LogP contribution in [0.3, 0.4) is 0 Å². The minimum absolute atomic E-state index is 0.00180. The average molecular weight is 415 g/mol. The highest BCUT2D eigenvalue weighted by Gasteiger charge is 2.36. The monoisotopic (exact) mass is 415 g/mol. The average Bonchev–Trinajstić information content (AvgIpc) is 3.06. The lowest BCUT2D eigenvalue weighted by atomic mass is 10.2. The number of rotatable bonds is 2. The lowest BCUT2D eigenvalue weighted by Crippen LogP contribution is -2.20. The zero-order chi connectivity index (χ0) is 21.0. The van der Waals surface area contributed by atoms with E-state index < -0.39 is 29.7 Å². The van der Waals surface area contributed by atoms with Gasteiger partial charge in [0.15, 0.2) is 0 Å². The normalized spacial score (nSPS) is 12.6. The largest absolute Gasteiger partial charge is 0.573 e. The third kappa shape index (κ3) is 3.46. The lowest BCUT2D eigenvalue weighted by Gasteiger charge is -2.11. The van der Waals surface area contributed by atoms with Crippen molar-refractivity contribution in [2.24, 2.45) is 0 Å². The van der Waals surface area contributed by atoms with E-state index in [1.165, 1.54) is 24.4 Å². The molecule has 0 spiro atoms. The number of aromatic nitrogens is 5. The number of hydrogen-bond donors (Lipinski definition) is 0. The van der Waals surface area contributed by atoms with Crippen LogP contribution in [0.2, 0.25) is 0 Å². The van der Waals surface area contributed by atoms with Crippen LogP contribution in [0.25, 0.3) is 22.4 Å². The van der Waals surface area contributed by atoms with Crippen LogP contribution in [0.5, 0.6) is 5.75 Å². The summed E-state index contributed by atoms with van der Waals surface area (Å²) in [5.74, 6) is -2.32. The van der Waals surface area contributed by atoms with Crippen molar-refractivity contribution in [3.05, 3.63) is 58.9 Å². The first-order valence-electron chi connectivity index (χ1n) is 7.73. The Labute approximate surface area is 155 Å². The molecule has 0 aliphatic heterocycles. The second-order valence-electron chi connectivity index (χ2n) is 5.74. The van der Waals surface area contributed by atoms with Gasteiger partial charge in [0.1, 0.15) is 5.75 Å². The highest BCUT2D eigenvalue weighted by atomic mass is 19.4. The predicted octanol–water partition coefficient (Wildman–Crippen LogP) is 3.35. The van der Waals surface area contributed by atoms with Crippen LogP contribution in [0.4, 0.5) is 26.3 Å². The summed E-state index contributed by atoms with van der Waals surface area (Å²) in [4.78, 5) is 19.7. The van der Waals surface area contributed by atoms with Crippen molar-refractivity contribution in [2.75, 3.05) is 0 Å². The smallest absolute Gasteiger partial charge is 0.406 e. The number of pyridine rings is 1. The van der Waals surface area contributed by atoms with Gasteiger partial charge in [0.25, 0.3) is 17.2 Å². The van der Waals surface area contributed by atoms with Gasteiger partial charge in [-0.05, 0) is 18.2 Å². The van der Waals surface area contributed by atoms with Crippen LogP contribution in [-0.4, -0.2) is 30.5 Å². The van der Waals surface area contributed by atoms with Crippen molar-refractivity contribution < 1.29 is 31.1 Å². The molecule has 0 atom stereocenters. The summed E-state index contributed by atoms with van der Waals surface area (Å²) in [6.45, 7) is 0. The minimum Gasteiger partial charge on any atom is -0.406 e. The topological polar surface area (TPSA) is 74.3 Å². The molecule has 13 heteroatoms. The maximum atomic E-state index is 12.8. The maximum absolute atomic E-state index is 12.8. The molecule has 150 valence electrons. The maximum Gasteiger partial charge on any atom is 0.573 e. The van der Waals surface area contributed by atoms with E-state index in [2.05, 4.69) is 19.8 Å². The van der Waals surface area contributed by atoms with E-state index in [1.54, 1.807) is 0 Å². The van der Waals surface area contributed by atoms with Gasteiger partial charge in [0, 0.05) is 18.5 Å². The molecular weight excluding hydrogens is 408 g/mol. The van der Waals surface area contributed by atoms with Crippen molar-refractivity contribution in [1.82, 2.24) is 24.1 Å². The van der Waals surface area contributed by atoms with Gasteiger partial charge in [-0.2, -0.15) is 22.7 Å². The van der Waals surface area contributed by atoms with E-state index >= 15 is 0 Å². The molecule has 4 rings (SSSR count). The zero-order valence-corrected chi connectivity index (χ0v) is 13.9. The van der Waals surface area contributed by atoms with Gasteiger partial charge in [-0.3, -0.25) is 9.36 Å². The molecule has 7 nitrogen and oxygen atoms in total. The molecule has 0 saturated heterocycles. The minimum atomic E-state index is -4.91. The second-order valence-corrected chi connectivity index (χ2v) is 5.74. The lowest BCUT2D eigenvalue weighted by molar-refractivity contribution is -0.274. The Kier molecular flexibility index (Phi) is 3.99. The van der Waals surface area contributed by atoms with Crippen LogP contribution in [0.1, 0.15) is 5.82 Å². The fraction of sp³-hybridized carbons (Fsp3) is 0.125. The first kappa shape index (κ1) is 18.7. The molecule has 0 fully saturated rings. The van der Waals surface area contributed by atoms with Gasteiger partial charge in [-0.1, -0.05) is 6.07 Å². The number of ether oxygens (including phenoxy) is 1. The molecule has 0 amide bonds. The van der Waals surface area contributed by atoms with Crippen LogP contribution in [-0.2, 0) is 6.18 Å². The molecule has 3 heterocycles. The Hall–Kier alpha value is -3.64. The summed E-state index contributed by atoms with van der Waals surface area (Å²) in [7, 11) is 0. The molecule has 0 aliphatic rings. The summed E-state index contributed by atoms with van der Waals surface area (Å²) >= 11 is 0. The van der Waals surface area contributed by atoms with Crippen molar-refractivity contribution >= 4 is 16.7 Å². The molecule has 3 aromatic heterocycles. The van der Waals surface area contributed by atoms with Crippen LogP contribution in [0, 0.1) is 0 Å². The van der Waals surface area contributed by atoms with E-state index in [0.29, 0.717) is 0 Å². The van der Waals surface area contributed by atoms with Crippen LogP contribution < -0.4 is 10.3 Å². The molecule has 0 radical (unpaired) electrons. The molecule has 0 aliphatic carbocycles. The summed E-state index contributed by atoms with van der Waals surface area (Å²) in [5, 5.41) is 3.22. The number of hydrogen-bond acceptors (Lipinski definition) is 5. The molecule has 0 unspecified atom stereocenters. The third-order valence-corrected chi connectivity index (χ3v) is 3.82. The summed E-state index contributed by atoms with van der Waals surface area (Å²) < 4.78 is 81.3. The summed E-state index contributed by atoms with van der Waals surface area (Å²) in [5.41, 5.74) is -0.680. The quantitative estimate of drug-likeness (QED) is 0.470. The number of fused-ring (bicyclic) bond motifs is 3. The molecule has 0 bridgehead atoms. The fourth-order valence-corrected chi connectivity index (χ4v) is 2.67. The first-order chi connectivity index (χ1) is 13.5. The fourth-order valence-electron chi connectivity index (χ4n) is 2.67. The van der Waals surface area contributed by atoms with Crippen molar-refractivity contribution in [3.63, 3.8) is 0 Å². The number of nitrogens with zero attached hydrogens (tertiary/aromatic N) is 5. The number of benzene rings is 1. The van der Waals surface area contributed by atoms with Crippen molar-refractivity contribution in [3.8, 4) is 11.4 Å². The number of halogens is 6. The van der Waals surface area contributed by atoms with E-state index in [9.17, 15) is 31.1 Å². The Bertz CT molecular complexity index is 1290. The molecule has 0 N–H and O–H groups in total. The van der Waals surface area contributed by atoms with Crippen molar-refractivity contribution in [2.45, 2.75) is 12.5 Å². The summed E-state index contributed by atoms with van der Waals surface area (Å²) in [6.07, 6.45) is -7.50. The molecular formula is C16H7F6N5O2. The third-order valence-electron chi connectivity index (χ3n) is 3.82. The second kappa shape index (κ2) is 6.18. The van der Waals surface area contributed by atoms with Crippen molar-refractivity contribution in [1.29, 1.82) is 0 Å². The zero-order valence-electron chi connectivity index (χ0n) is 13.9. The SMILES string of the molecule is O=c1c2cnc3nc(C(F)(F)F)nn3c2ccn1-c1cccc(OC(F)(F)F)c1. The standard InChI is InChI=1S/C16H7F6N5O2/c17-15(18,19)13-24-14-23-7-10-11(27(14)25-13)4-5-26(12(10)28)8-2-1-3-9(6-8)29-16(20,21)22/h1-7H. The van der Waals surface area contributed by atoms with E-state index in [0.717, 1.165) is 27.4 Å². The van der Waals surface area contributed by atoms with Gasteiger partial charge in [0.2, 0.25) is 0 Å². The Morgan fingerprint density at radius 2 is 1.79 bits per heavy atom. The Balaban J connectivity index is 1.86. The molecule has 0 saturated carbocycles. The van der Waals surface area contributed by atoms with Gasteiger partial charge >= 0.3 is 12.5 Å². The van der Waals surface area contributed by atoms with E-state index in [4.69, 9.17) is 0 Å². The van der Waals surface area contributed by atoms with Crippen LogP contribution in [0.15, 0.2) is 47.5 Å². The number of alkyl halides is 6. The van der Waals surface area contributed by atoms with Crippen LogP contribution >= 0.6 is 0 Å². The first-order valence-corrected chi connectivity index (χ1v) is 7.73. The van der Waals surface area contributed by atoms with E-state index in [-0.39, 0.29) is 22.4 Å². The predicted molar refractivity (Wildman–Crippen MR) is 85.6 cm³/mol. The van der Waals surface area contributed by atoms with Gasteiger partial charge in [-0.15, -0.1) is 18.3 Å². The van der Waals surface area contributed by atoms with Gasteiger partial charge in [-0.25, -0.2) is 4.98 Å². The Morgan fingerprint density at radius 1 is 1.03 bits per heavy atom. The molecule has 1 aromatic carbocycles. The summed E-state index contributed by atoms with van der Waals surface area (Å²) in [6, 6.07) is 5.94. The van der Waals surface area contributed by atoms with E-state index in [1.807, 2.05) is 0 Å².